The molecule has 0 bridgehead atoms. The fourth-order valence-electron chi connectivity index (χ4n) is 3.58. The van der Waals surface area contributed by atoms with Crippen LogP contribution in [0.3, 0.4) is 0 Å². The molecule has 7 nitrogen and oxygen atoms in total. The second kappa shape index (κ2) is 9.82. The third-order valence-corrected chi connectivity index (χ3v) is 5.64. The summed E-state index contributed by atoms with van der Waals surface area (Å²) in [6.45, 7) is 2.02. The van der Waals surface area contributed by atoms with Gasteiger partial charge in [0.15, 0.2) is 0 Å². The van der Waals surface area contributed by atoms with Gasteiger partial charge in [0.1, 0.15) is 5.82 Å². The number of nitrogens with one attached hydrogen (secondary N) is 3. The third-order valence-electron chi connectivity index (χ3n) is 5.04. The van der Waals surface area contributed by atoms with Crippen molar-refractivity contribution in [2.24, 2.45) is 5.11 Å². The largest absolute Gasteiger partial charge is 0.360 e. The van der Waals surface area contributed by atoms with Gasteiger partial charge in [0.05, 0.1) is 12.0 Å². The van der Waals surface area contributed by atoms with Gasteiger partial charge < -0.3 is 5.32 Å². The zero-order valence-corrected chi connectivity index (χ0v) is 17.6. The zero-order valence-electron chi connectivity index (χ0n) is 16.8. The van der Waals surface area contributed by atoms with E-state index >= 15 is 0 Å². The molecule has 3 N–H and O–H groups in total. The first-order valence-corrected chi connectivity index (χ1v) is 11.6. The van der Waals surface area contributed by atoms with E-state index in [0.717, 1.165) is 37.9 Å². The maximum Gasteiger partial charge on any atom is 0.229 e. The summed E-state index contributed by atoms with van der Waals surface area (Å²) >= 11 is 0. The number of nitrogens with zero attached hydrogens (tertiary/aromatic N) is 2. The van der Waals surface area contributed by atoms with Crippen molar-refractivity contribution >= 4 is 21.4 Å². The lowest BCUT2D eigenvalue weighted by atomic mass is 9.89. The SMILES string of the molecule is CS(=O)(=O)Nc1ccc(F)c(C2CCN(C/C(=C/Nc3ccccc3)N=N)CC2)c1. The highest BCUT2D eigenvalue weighted by atomic mass is 32.2. The van der Waals surface area contributed by atoms with E-state index in [-0.39, 0.29) is 11.7 Å². The molecule has 0 radical (unpaired) electrons. The van der Waals surface area contributed by atoms with Gasteiger partial charge in [0.2, 0.25) is 10.0 Å². The van der Waals surface area contributed by atoms with Crippen LogP contribution in [0.25, 0.3) is 0 Å². The van der Waals surface area contributed by atoms with E-state index in [0.29, 0.717) is 23.5 Å². The van der Waals surface area contributed by atoms with E-state index < -0.39 is 10.0 Å². The average Bonchev–Trinajstić information content (AvgIpc) is 2.73. The third kappa shape index (κ3) is 6.36. The van der Waals surface area contributed by atoms with Crippen LogP contribution in [-0.4, -0.2) is 39.2 Å². The molecule has 9 heteroatoms. The first-order valence-electron chi connectivity index (χ1n) is 9.72. The average molecular weight is 432 g/mol. The van der Waals surface area contributed by atoms with Crippen LogP contribution < -0.4 is 10.0 Å². The predicted octanol–water partition coefficient (Wildman–Crippen LogP) is 4.36. The summed E-state index contributed by atoms with van der Waals surface area (Å²) in [5.41, 5.74) is 9.88. The molecular weight excluding hydrogens is 405 g/mol. The Kier molecular flexibility index (Phi) is 7.17. The first kappa shape index (κ1) is 21.9. The second-order valence-corrected chi connectivity index (χ2v) is 9.17. The number of hydrogen-bond acceptors (Lipinski definition) is 6. The number of para-hydroxylation sites is 1. The van der Waals surface area contributed by atoms with Crippen LogP contribution in [0.1, 0.15) is 24.3 Å². The van der Waals surface area contributed by atoms with Gasteiger partial charge in [-0.2, -0.15) is 5.11 Å². The fraction of sp³-hybridized carbons (Fsp3) is 0.333. The molecule has 2 aromatic rings. The van der Waals surface area contributed by atoms with Gasteiger partial charge in [-0.15, -0.1) is 0 Å². The first-order chi connectivity index (χ1) is 14.3. The van der Waals surface area contributed by atoms with Gasteiger partial charge in [-0.3, -0.25) is 9.62 Å². The molecule has 3 rings (SSSR count). The Morgan fingerprint density at radius 3 is 2.53 bits per heavy atom. The highest BCUT2D eigenvalue weighted by Gasteiger charge is 2.24. The van der Waals surface area contributed by atoms with E-state index in [1.807, 2.05) is 30.3 Å². The zero-order chi connectivity index (χ0) is 21.6. The van der Waals surface area contributed by atoms with E-state index in [4.69, 9.17) is 5.53 Å². The van der Waals surface area contributed by atoms with E-state index in [9.17, 15) is 12.8 Å². The highest BCUT2D eigenvalue weighted by Crippen LogP contribution is 2.32. The molecule has 1 aliphatic heterocycles. The topological polar surface area (TPSA) is 97.7 Å². The van der Waals surface area contributed by atoms with Crippen molar-refractivity contribution in [3.05, 3.63) is 71.8 Å². The molecule has 0 aromatic heterocycles. The molecule has 160 valence electrons. The minimum absolute atomic E-state index is 0.0189. The summed E-state index contributed by atoms with van der Waals surface area (Å²) in [4.78, 5) is 2.18. The van der Waals surface area contributed by atoms with Crippen LogP contribution in [0.5, 0.6) is 0 Å². The molecule has 0 spiro atoms. The van der Waals surface area contributed by atoms with Crippen LogP contribution in [-0.2, 0) is 10.0 Å². The van der Waals surface area contributed by atoms with Crippen LogP contribution >= 0.6 is 0 Å². The smallest absolute Gasteiger partial charge is 0.229 e. The molecule has 1 heterocycles. The van der Waals surface area contributed by atoms with Gasteiger partial charge >= 0.3 is 0 Å². The van der Waals surface area contributed by atoms with Crippen LogP contribution in [0.15, 0.2) is 65.5 Å². The lowest BCUT2D eigenvalue weighted by molar-refractivity contribution is 0.225. The predicted molar refractivity (Wildman–Crippen MR) is 117 cm³/mol. The number of halogens is 1. The number of likely N-dealkylation sites (tertiary alicyclic amines) is 1. The Balaban J connectivity index is 1.59. The van der Waals surface area contributed by atoms with Crippen molar-refractivity contribution in [2.45, 2.75) is 18.8 Å². The molecule has 1 fully saturated rings. The summed E-state index contributed by atoms with van der Waals surface area (Å²) in [6, 6.07) is 14.0. The Morgan fingerprint density at radius 2 is 1.90 bits per heavy atom. The number of benzene rings is 2. The molecule has 1 aliphatic rings. The molecule has 0 atom stereocenters. The van der Waals surface area contributed by atoms with E-state index in [1.54, 1.807) is 12.3 Å². The fourth-order valence-corrected chi connectivity index (χ4v) is 4.13. The molecular formula is C21H26FN5O2S. The maximum absolute atomic E-state index is 14.4. The molecule has 30 heavy (non-hydrogen) atoms. The molecule has 0 saturated carbocycles. The van der Waals surface area contributed by atoms with Crippen molar-refractivity contribution in [3.63, 3.8) is 0 Å². The number of sulfonamides is 1. The molecule has 2 aromatic carbocycles. The Morgan fingerprint density at radius 1 is 1.20 bits per heavy atom. The highest BCUT2D eigenvalue weighted by molar-refractivity contribution is 7.92. The summed E-state index contributed by atoms with van der Waals surface area (Å²) in [5, 5.41) is 6.76. The summed E-state index contributed by atoms with van der Waals surface area (Å²) in [5.74, 6) is -0.299. The van der Waals surface area contributed by atoms with Crippen LogP contribution in [0.4, 0.5) is 15.8 Å². The normalized spacial score (nSPS) is 16.3. The lowest BCUT2D eigenvalue weighted by Gasteiger charge is -2.32. The minimum atomic E-state index is -3.41. The van der Waals surface area contributed by atoms with Crippen LogP contribution in [0, 0.1) is 11.3 Å². The lowest BCUT2D eigenvalue weighted by Crippen LogP contribution is -2.34. The summed E-state index contributed by atoms with van der Waals surface area (Å²) < 4.78 is 39.7. The number of piperidine rings is 1. The van der Waals surface area contributed by atoms with Gasteiger partial charge in [0, 0.05) is 24.1 Å². The van der Waals surface area contributed by atoms with Gasteiger partial charge in [-0.25, -0.2) is 18.3 Å². The number of hydrogen-bond donors (Lipinski definition) is 3. The van der Waals surface area contributed by atoms with E-state index in [2.05, 4.69) is 20.1 Å². The molecule has 1 saturated heterocycles. The van der Waals surface area contributed by atoms with Gasteiger partial charge in [-0.05, 0) is 67.7 Å². The Hall–Kier alpha value is -2.78. The summed E-state index contributed by atoms with van der Waals surface area (Å²) in [7, 11) is -3.41. The number of anilines is 2. The van der Waals surface area contributed by atoms with Crippen molar-refractivity contribution in [1.82, 2.24) is 4.90 Å². The van der Waals surface area contributed by atoms with Crippen molar-refractivity contribution in [3.8, 4) is 0 Å². The Bertz CT molecular complexity index is 1000. The van der Waals surface area contributed by atoms with Crippen LogP contribution in [0.2, 0.25) is 0 Å². The van der Waals surface area contributed by atoms with Crippen molar-refractivity contribution in [1.29, 1.82) is 5.53 Å². The monoisotopic (exact) mass is 431 g/mol. The molecule has 0 aliphatic carbocycles. The number of rotatable bonds is 8. The standard InChI is InChI=1S/C21H26FN5O2S/c1-30(28,29)26-18-7-8-21(22)20(13-18)16-9-11-27(12-10-16)15-19(25-23)14-24-17-5-3-2-4-6-17/h2-8,13-14,16,23-24,26H,9-12,15H2,1H3/b19-14-,25-23?. The minimum Gasteiger partial charge on any atom is -0.360 e. The second-order valence-electron chi connectivity index (χ2n) is 7.42. The van der Waals surface area contributed by atoms with Crippen molar-refractivity contribution < 1.29 is 12.8 Å². The maximum atomic E-state index is 14.4. The Labute approximate surface area is 176 Å². The van der Waals surface area contributed by atoms with E-state index in [1.165, 1.54) is 12.1 Å². The molecule has 0 unspecified atom stereocenters. The quantitative estimate of drug-likeness (QED) is 0.541. The van der Waals surface area contributed by atoms with Gasteiger partial charge in [-0.1, -0.05) is 18.2 Å². The van der Waals surface area contributed by atoms with Gasteiger partial charge in [0.25, 0.3) is 0 Å². The van der Waals surface area contributed by atoms with Crippen molar-refractivity contribution in [2.75, 3.05) is 35.9 Å². The molecule has 0 amide bonds. The summed E-state index contributed by atoms with van der Waals surface area (Å²) in [6.07, 6.45) is 4.30.